The summed E-state index contributed by atoms with van der Waals surface area (Å²) in [4.78, 5) is 16.8. The summed E-state index contributed by atoms with van der Waals surface area (Å²) in [5.41, 5.74) is 1.84. The SMILES string of the molecule is CN(Cc1csc(Br)c1)c1ccc(C=O)cn1. The molecular weight excluding hydrogens is 300 g/mol. The lowest BCUT2D eigenvalue weighted by Gasteiger charge is -2.17. The summed E-state index contributed by atoms with van der Waals surface area (Å²) in [5, 5.41) is 2.11. The lowest BCUT2D eigenvalue weighted by Crippen LogP contribution is -2.17. The van der Waals surface area contributed by atoms with Gasteiger partial charge in [-0.25, -0.2) is 4.98 Å². The largest absolute Gasteiger partial charge is 0.355 e. The van der Waals surface area contributed by atoms with Gasteiger partial charge < -0.3 is 4.90 Å². The second-order valence-electron chi connectivity index (χ2n) is 3.68. The van der Waals surface area contributed by atoms with Crippen LogP contribution in [0.3, 0.4) is 0 Å². The molecule has 17 heavy (non-hydrogen) atoms. The van der Waals surface area contributed by atoms with Crippen LogP contribution >= 0.6 is 27.3 Å². The topological polar surface area (TPSA) is 33.2 Å². The monoisotopic (exact) mass is 310 g/mol. The molecule has 3 nitrogen and oxygen atoms in total. The van der Waals surface area contributed by atoms with E-state index < -0.39 is 0 Å². The van der Waals surface area contributed by atoms with E-state index in [2.05, 4.69) is 32.4 Å². The van der Waals surface area contributed by atoms with Gasteiger partial charge in [-0.05, 0) is 45.1 Å². The van der Waals surface area contributed by atoms with Crippen LogP contribution in [0.4, 0.5) is 5.82 Å². The van der Waals surface area contributed by atoms with Crippen molar-refractivity contribution in [3.8, 4) is 0 Å². The number of halogens is 1. The molecule has 2 heterocycles. The van der Waals surface area contributed by atoms with Crippen LogP contribution in [0.1, 0.15) is 15.9 Å². The number of carbonyl (C=O) groups is 1. The van der Waals surface area contributed by atoms with Crippen molar-refractivity contribution in [2.75, 3.05) is 11.9 Å². The van der Waals surface area contributed by atoms with Crippen molar-refractivity contribution in [2.45, 2.75) is 6.54 Å². The quantitative estimate of drug-likeness (QED) is 0.812. The average molecular weight is 311 g/mol. The summed E-state index contributed by atoms with van der Waals surface area (Å²) in [6, 6.07) is 5.72. The van der Waals surface area contributed by atoms with Crippen LogP contribution < -0.4 is 4.90 Å². The maximum atomic E-state index is 10.5. The Balaban J connectivity index is 2.08. The molecule has 0 saturated carbocycles. The second kappa shape index (κ2) is 5.42. The van der Waals surface area contributed by atoms with E-state index in [1.807, 2.05) is 18.0 Å². The Bertz CT molecular complexity index is 509. The van der Waals surface area contributed by atoms with Crippen LogP contribution in [-0.4, -0.2) is 18.3 Å². The highest BCUT2D eigenvalue weighted by Crippen LogP contribution is 2.22. The highest BCUT2D eigenvalue weighted by molar-refractivity contribution is 9.11. The Morgan fingerprint density at radius 2 is 2.35 bits per heavy atom. The number of hydrogen-bond acceptors (Lipinski definition) is 4. The van der Waals surface area contributed by atoms with Crippen LogP contribution in [0.25, 0.3) is 0 Å². The number of aldehydes is 1. The van der Waals surface area contributed by atoms with Crippen LogP contribution in [0, 0.1) is 0 Å². The molecule has 2 aromatic rings. The maximum absolute atomic E-state index is 10.5. The van der Waals surface area contributed by atoms with E-state index in [0.717, 1.165) is 22.4 Å². The van der Waals surface area contributed by atoms with E-state index in [1.54, 1.807) is 23.6 Å². The van der Waals surface area contributed by atoms with Gasteiger partial charge in [0.05, 0.1) is 3.79 Å². The average Bonchev–Trinajstić information content (AvgIpc) is 2.75. The molecule has 2 aromatic heterocycles. The molecular formula is C12H11BrN2OS. The van der Waals surface area contributed by atoms with Gasteiger partial charge in [0.2, 0.25) is 0 Å². The molecule has 0 radical (unpaired) electrons. The predicted octanol–water partition coefficient (Wildman–Crippen LogP) is 3.35. The molecule has 0 aliphatic carbocycles. The zero-order valence-electron chi connectivity index (χ0n) is 9.26. The first kappa shape index (κ1) is 12.3. The Hall–Kier alpha value is -1.20. The van der Waals surface area contributed by atoms with Crippen molar-refractivity contribution in [1.29, 1.82) is 0 Å². The highest BCUT2D eigenvalue weighted by atomic mass is 79.9. The first-order valence-electron chi connectivity index (χ1n) is 5.04. The van der Waals surface area contributed by atoms with Crippen LogP contribution in [0.2, 0.25) is 0 Å². The Morgan fingerprint density at radius 1 is 1.53 bits per heavy atom. The van der Waals surface area contributed by atoms with Gasteiger partial charge in [-0.15, -0.1) is 11.3 Å². The van der Waals surface area contributed by atoms with E-state index in [4.69, 9.17) is 0 Å². The number of rotatable bonds is 4. The summed E-state index contributed by atoms with van der Waals surface area (Å²) < 4.78 is 1.13. The molecule has 0 spiro atoms. The minimum Gasteiger partial charge on any atom is -0.355 e. The van der Waals surface area contributed by atoms with E-state index in [-0.39, 0.29) is 0 Å². The number of pyridine rings is 1. The minimum atomic E-state index is 0.598. The Kier molecular flexibility index (Phi) is 3.91. The van der Waals surface area contributed by atoms with E-state index >= 15 is 0 Å². The fourth-order valence-corrected chi connectivity index (χ4v) is 2.68. The molecule has 0 aliphatic heterocycles. The number of thiophene rings is 1. The number of aromatic nitrogens is 1. The zero-order chi connectivity index (χ0) is 12.3. The molecule has 5 heteroatoms. The molecule has 0 aliphatic rings. The van der Waals surface area contributed by atoms with Crippen molar-refractivity contribution >= 4 is 39.4 Å². The second-order valence-corrected chi connectivity index (χ2v) is 5.97. The van der Waals surface area contributed by atoms with Crippen LogP contribution in [0.5, 0.6) is 0 Å². The predicted molar refractivity (Wildman–Crippen MR) is 73.8 cm³/mol. The van der Waals surface area contributed by atoms with Gasteiger partial charge in [0.15, 0.2) is 6.29 Å². The summed E-state index contributed by atoms with van der Waals surface area (Å²) in [5.74, 6) is 0.859. The normalized spacial score (nSPS) is 10.2. The van der Waals surface area contributed by atoms with Crippen molar-refractivity contribution in [3.63, 3.8) is 0 Å². The Morgan fingerprint density at radius 3 is 2.88 bits per heavy atom. The molecule has 0 saturated heterocycles. The lowest BCUT2D eigenvalue weighted by atomic mass is 10.3. The third kappa shape index (κ3) is 3.14. The number of anilines is 1. The number of nitrogens with zero attached hydrogens (tertiary/aromatic N) is 2. The molecule has 0 fully saturated rings. The third-order valence-electron chi connectivity index (χ3n) is 2.34. The van der Waals surface area contributed by atoms with E-state index in [9.17, 15) is 4.79 Å². The lowest BCUT2D eigenvalue weighted by molar-refractivity contribution is 0.112. The summed E-state index contributed by atoms with van der Waals surface area (Å²) in [7, 11) is 1.98. The molecule has 0 bridgehead atoms. The first-order valence-corrected chi connectivity index (χ1v) is 6.71. The number of carbonyl (C=O) groups excluding carboxylic acids is 1. The van der Waals surface area contributed by atoms with Gasteiger partial charge in [-0.3, -0.25) is 4.79 Å². The third-order valence-corrected chi connectivity index (χ3v) is 3.89. The van der Waals surface area contributed by atoms with Gasteiger partial charge in [-0.1, -0.05) is 0 Å². The standard InChI is InChI=1S/C12H11BrN2OS/c1-15(6-10-4-11(13)17-8-10)12-3-2-9(7-16)5-14-12/h2-5,7-8H,6H2,1H3. The summed E-state index contributed by atoms with van der Waals surface area (Å²) >= 11 is 5.11. The minimum absolute atomic E-state index is 0.598. The fraction of sp³-hybridized carbons (Fsp3) is 0.167. The van der Waals surface area contributed by atoms with Crippen molar-refractivity contribution in [3.05, 3.63) is 44.7 Å². The molecule has 0 N–H and O–H groups in total. The van der Waals surface area contributed by atoms with Gasteiger partial charge in [0.1, 0.15) is 5.82 Å². The smallest absolute Gasteiger partial charge is 0.151 e. The maximum Gasteiger partial charge on any atom is 0.151 e. The zero-order valence-corrected chi connectivity index (χ0v) is 11.7. The van der Waals surface area contributed by atoms with Gasteiger partial charge in [-0.2, -0.15) is 0 Å². The number of hydrogen-bond donors (Lipinski definition) is 0. The first-order chi connectivity index (χ1) is 8.19. The summed E-state index contributed by atoms with van der Waals surface area (Å²) in [6.45, 7) is 0.801. The molecule has 0 aromatic carbocycles. The van der Waals surface area contributed by atoms with E-state index in [1.165, 1.54) is 5.56 Å². The van der Waals surface area contributed by atoms with Crippen molar-refractivity contribution in [1.82, 2.24) is 4.98 Å². The molecule has 2 rings (SSSR count). The fourth-order valence-electron chi connectivity index (χ4n) is 1.48. The molecule has 0 atom stereocenters. The van der Waals surface area contributed by atoms with Gasteiger partial charge >= 0.3 is 0 Å². The Labute approximate surface area is 112 Å². The van der Waals surface area contributed by atoms with Crippen molar-refractivity contribution in [2.24, 2.45) is 0 Å². The highest BCUT2D eigenvalue weighted by Gasteiger charge is 2.05. The van der Waals surface area contributed by atoms with Gasteiger partial charge in [0.25, 0.3) is 0 Å². The molecule has 0 unspecified atom stereocenters. The summed E-state index contributed by atoms with van der Waals surface area (Å²) in [6.07, 6.45) is 2.38. The van der Waals surface area contributed by atoms with Crippen molar-refractivity contribution < 1.29 is 4.79 Å². The molecule has 88 valence electrons. The van der Waals surface area contributed by atoms with E-state index in [0.29, 0.717) is 5.56 Å². The van der Waals surface area contributed by atoms with Crippen LogP contribution in [0.15, 0.2) is 33.6 Å². The van der Waals surface area contributed by atoms with Gasteiger partial charge in [0, 0.05) is 25.4 Å². The molecule has 0 amide bonds. The van der Waals surface area contributed by atoms with Crippen LogP contribution in [-0.2, 0) is 6.54 Å².